The smallest absolute Gasteiger partial charge is 0.328 e. The molecule has 0 spiro atoms. The number of carboxylic acid groups (broad SMARTS) is 1. The number of carbonyl (C=O) groups excluding carboxylic acids is 2. The van der Waals surface area contributed by atoms with Crippen molar-refractivity contribution in [3.63, 3.8) is 0 Å². The Labute approximate surface area is 134 Å². The predicted molar refractivity (Wildman–Crippen MR) is 82.5 cm³/mol. The van der Waals surface area contributed by atoms with Gasteiger partial charge in [-0.1, -0.05) is 26.3 Å². The lowest BCUT2D eigenvalue weighted by Crippen LogP contribution is -2.47. The standard InChI is InChI=1S/C16H21N3O4/c1-4-10(2)14(15(21)22)19-9-13(20)18(16(19)23)8-12-7-5-6-11(3)17-12/h5-7,10,14H,4,8-9H2,1-3H3,(H,21,22)/t10-,14-/m0/s1. The fourth-order valence-corrected chi connectivity index (χ4v) is 2.69. The first-order valence-electron chi connectivity index (χ1n) is 7.61. The van der Waals surface area contributed by atoms with Gasteiger partial charge >= 0.3 is 12.0 Å². The highest BCUT2D eigenvalue weighted by atomic mass is 16.4. The summed E-state index contributed by atoms with van der Waals surface area (Å²) in [6.07, 6.45) is 0.606. The topological polar surface area (TPSA) is 90.8 Å². The lowest BCUT2D eigenvalue weighted by molar-refractivity contribution is -0.143. The largest absolute Gasteiger partial charge is 0.480 e. The maximum atomic E-state index is 12.5. The second-order valence-corrected chi connectivity index (χ2v) is 5.83. The minimum atomic E-state index is -1.09. The van der Waals surface area contributed by atoms with Crippen LogP contribution in [0.4, 0.5) is 4.79 Å². The van der Waals surface area contributed by atoms with E-state index in [-0.39, 0.29) is 19.0 Å². The summed E-state index contributed by atoms with van der Waals surface area (Å²) in [5.41, 5.74) is 1.39. The van der Waals surface area contributed by atoms with Gasteiger partial charge in [0.25, 0.3) is 5.91 Å². The highest BCUT2D eigenvalue weighted by Crippen LogP contribution is 2.22. The minimum absolute atomic E-state index is 0.0582. The number of pyridine rings is 1. The monoisotopic (exact) mass is 319 g/mol. The van der Waals surface area contributed by atoms with E-state index < -0.39 is 23.9 Å². The molecule has 0 saturated carbocycles. The number of aliphatic carboxylic acids is 1. The summed E-state index contributed by atoms with van der Waals surface area (Å²) in [5.74, 6) is -1.72. The molecule has 0 radical (unpaired) electrons. The SMILES string of the molecule is CC[C@H](C)[C@@H](C(=O)O)N1CC(=O)N(Cc2cccc(C)n2)C1=O. The molecule has 0 aliphatic carbocycles. The number of carboxylic acids is 1. The number of rotatable bonds is 6. The molecular weight excluding hydrogens is 298 g/mol. The molecule has 0 bridgehead atoms. The van der Waals surface area contributed by atoms with E-state index in [1.807, 2.05) is 19.9 Å². The van der Waals surface area contributed by atoms with Gasteiger partial charge in [-0.2, -0.15) is 0 Å². The molecule has 1 aromatic heterocycles. The van der Waals surface area contributed by atoms with E-state index in [1.54, 1.807) is 19.1 Å². The number of aromatic nitrogens is 1. The normalized spacial score (nSPS) is 17.5. The molecule has 2 atom stereocenters. The summed E-state index contributed by atoms with van der Waals surface area (Å²) in [6, 6.07) is 3.81. The van der Waals surface area contributed by atoms with Gasteiger partial charge in [0.05, 0.1) is 12.2 Å². The third-order valence-electron chi connectivity index (χ3n) is 4.12. The number of imide groups is 1. The molecule has 1 aromatic rings. The van der Waals surface area contributed by atoms with Crippen LogP contribution in [-0.4, -0.2) is 50.4 Å². The number of aryl methyl sites for hydroxylation is 1. The van der Waals surface area contributed by atoms with Crippen LogP contribution in [0, 0.1) is 12.8 Å². The number of hydrogen-bond acceptors (Lipinski definition) is 4. The molecule has 124 valence electrons. The molecule has 2 heterocycles. The molecule has 0 unspecified atom stereocenters. The second-order valence-electron chi connectivity index (χ2n) is 5.83. The molecule has 2 rings (SSSR count). The third kappa shape index (κ3) is 3.49. The van der Waals surface area contributed by atoms with Crippen molar-refractivity contribution < 1.29 is 19.5 Å². The second kappa shape index (κ2) is 6.76. The van der Waals surface area contributed by atoms with Crippen molar-refractivity contribution in [2.24, 2.45) is 5.92 Å². The van der Waals surface area contributed by atoms with Gasteiger partial charge in [0.1, 0.15) is 12.6 Å². The zero-order valence-corrected chi connectivity index (χ0v) is 13.5. The molecule has 7 heteroatoms. The van der Waals surface area contributed by atoms with Crippen LogP contribution in [0.5, 0.6) is 0 Å². The summed E-state index contributed by atoms with van der Waals surface area (Å²) >= 11 is 0. The maximum absolute atomic E-state index is 12.5. The minimum Gasteiger partial charge on any atom is -0.480 e. The van der Waals surface area contributed by atoms with E-state index in [1.165, 1.54) is 0 Å². The summed E-state index contributed by atoms with van der Waals surface area (Å²) in [6.45, 7) is 5.31. The average molecular weight is 319 g/mol. The van der Waals surface area contributed by atoms with Crippen LogP contribution in [0.25, 0.3) is 0 Å². The maximum Gasteiger partial charge on any atom is 0.328 e. The number of urea groups is 1. The van der Waals surface area contributed by atoms with E-state index in [4.69, 9.17) is 0 Å². The summed E-state index contributed by atoms with van der Waals surface area (Å²) in [4.78, 5) is 42.7. The van der Waals surface area contributed by atoms with Gasteiger partial charge < -0.3 is 10.0 Å². The first-order chi connectivity index (χ1) is 10.8. The van der Waals surface area contributed by atoms with Gasteiger partial charge in [-0.05, 0) is 25.0 Å². The molecule has 3 amide bonds. The third-order valence-corrected chi connectivity index (χ3v) is 4.12. The molecule has 7 nitrogen and oxygen atoms in total. The van der Waals surface area contributed by atoms with Crippen LogP contribution in [-0.2, 0) is 16.1 Å². The van der Waals surface area contributed by atoms with Crippen molar-refractivity contribution >= 4 is 17.9 Å². The highest BCUT2D eigenvalue weighted by molar-refractivity contribution is 6.03. The molecule has 1 aliphatic heterocycles. The number of nitrogens with zero attached hydrogens (tertiary/aromatic N) is 3. The lowest BCUT2D eigenvalue weighted by Gasteiger charge is -2.27. The quantitative estimate of drug-likeness (QED) is 0.805. The number of hydrogen-bond donors (Lipinski definition) is 1. The Morgan fingerprint density at radius 3 is 2.65 bits per heavy atom. The van der Waals surface area contributed by atoms with Crippen LogP contribution in [0.2, 0.25) is 0 Å². The van der Waals surface area contributed by atoms with Crippen LogP contribution in [0.15, 0.2) is 18.2 Å². The average Bonchev–Trinajstić information content (AvgIpc) is 2.75. The van der Waals surface area contributed by atoms with E-state index in [0.717, 1.165) is 15.5 Å². The molecule has 1 N–H and O–H groups in total. The highest BCUT2D eigenvalue weighted by Gasteiger charge is 2.44. The van der Waals surface area contributed by atoms with E-state index in [0.29, 0.717) is 12.1 Å². The van der Waals surface area contributed by atoms with Crippen LogP contribution in [0.3, 0.4) is 0 Å². The van der Waals surface area contributed by atoms with Crippen molar-refractivity contribution in [2.45, 2.75) is 39.8 Å². The van der Waals surface area contributed by atoms with Crippen molar-refractivity contribution in [2.75, 3.05) is 6.54 Å². The zero-order valence-electron chi connectivity index (χ0n) is 13.5. The lowest BCUT2D eigenvalue weighted by atomic mass is 9.98. The van der Waals surface area contributed by atoms with E-state index in [9.17, 15) is 19.5 Å². The molecule has 1 saturated heterocycles. The fourth-order valence-electron chi connectivity index (χ4n) is 2.69. The van der Waals surface area contributed by atoms with Crippen molar-refractivity contribution in [3.8, 4) is 0 Å². The van der Waals surface area contributed by atoms with Gasteiger partial charge in [-0.3, -0.25) is 14.7 Å². The van der Waals surface area contributed by atoms with Crippen LogP contribution >= 0.6 is 0 Å². The Balaban J connectivity index is 2.20. The number of amides is 3. The summed E-state index contributed by atoms with van der Waals surface area (Å²) in [7, 11) is 0. The molecule has 1 fully saturated rings. The van der Waals surface area contributed by atoms with Gasteiger partial charge in [-0.15, -0.1) is 0 Å². The molecule has 23 heavy (non-hydrogen) atoms. The molecule has 0 aromatic carbocycles. The van der Waals surface area contributed by atoms with Gasteiger partial charge in [-0.25, -0.2) is 9.59 Å². The van der Waals surface area contributed by atoms with Crippen LogP contribution < -0.4 is 0 Å². The van der Waals surface area contributed by atoms with Crippen molar-refractivity contribution in [1.82, 2.24) is 14.8 Å². The van der Waals surface area contributed by atoms with Gasteiger partial charge in [0.2, 0.25) is 0 Å². The van der Waals surface area contributed by atoms with Crippen molar-refractivity contribution in [1.29, 1.82) is 0 Å². The Bertz CT molecular complexity index is 632. The zero-order chi connectivity index (χ0) is 17.1. The van der Waals surface area contributed by atoms with Crippen molar-refractivity contribution in [3.05, 3.63) is 29.6 Å². The molecule has 1 aliphatic rings. The van der Waals surface area contributed by atoms with Gasteiger partial charge in [0.15, 0.2) is 0 Å². The Morgan fingerprint density at radius 1 is 1.39 bits per heavy atom. The summed E-state index contributed by atoms with van der Waals surface area (Å²) in [5, 5.41) is 9.42. The Hall–Kier alpha value is -2.44. The van der Waals surface area contributed by atoms with Gasteiger partial charge in [0, 0.05) is 5.69 Å². The first kappa shape index (κ1) is 16.9. The predicted octanol–water partition coefficient (Wildman–Crippen LogP) is 1.65. The van der Waals surface area contributed by atoms with E-state index >= 15 is 0 Å². The fraction of sp³-hybridized carbons (Fsp3) is 0.500. The summed E-state index contributed by atoms with van der Waals surface area (Å²) < 4.78 is 0. The van der Waals surface area contributed by atoms with Crippen LogP contribution in [0.1, 0.15) is 31.7 Å². The Morgan fingerprint density at radius 2 is 2.09 bits per heavy atom. The van der Waals surface area contributed by atoms with E-state index in [2.05, 4.69) is 4.98 Å². The Kier molecular flexibility index (Phi) is 4.98. The molecular formula is C16H21N3O4. The number of carbonyl (C=O) groups is 3. The first-order valence-corrected chi connectivity index (χ1v) is 7.61.